The molecular formula is C23H38N4O3. The van der Waals surface area contributed by atoms with Crippen LogP contribution in [-0.2, 0) is 16.1 Å². The lowest BCUT2D eigenvalue weighted by Crippen LogP contribution is -2.50. The van der Waals surface area contributed by atoms with Crippen LogP contribution < -0.4 is 5.32 Å². The maximum Gasteiger partial charge on any atom is 0.410 e. The Balaban J connectivity index is 1.86. The summed E-state index contributed by atoms with van der Waals surface area (Å²) in [4.78, 5) is 33.4. The molecule has 0 spiro atoms. The van der Waals surface area contributed by atoms with E-state index in [-0.39, 0.29) is 18.0 Å². The van der Waals surface area contributed by atoms with Crippen molar-refractivity contribution in [1.82, 2.24) is 20.1 Å². The summed E-state index contributed by atoms with van der Waals surface area (Å²) >= 11 is 0. The molecule has 0 aliphatic carbocycles. The zero-order valence-corrected chi connectivity index (χ0v) is 19.0. The number of nitrogens with one attached hydrogen (secondary N) is 1. The summed E-state index contributed by atoms with van der Waals surface area (Å²) in [6.07, 6.45) is 8.05. The molecule has 7 nitrogen and oxygen atoms in total. The van der Waals surface area contributed by atoms with Crippen LogP contribution in [0, 0.1) is 0 Å². The number of likely N-dealkylation sites (tertiary alicyclic amines) is 1. The summed E-state index contributed by atoms with van der Waals surface area (Å²) in [5, 5.41) is 3.08. The number of pyridine rings is 1. The predicted molar refractivity (Wildman–Crippen MR) is 118 cm³/mol. The minimum atomic E-state index is -0.553. The van der Waals surface area contributed by atoms with E-state index in [1.54, 1.807) is 17.3 Å². The van der Waals surface area contributed by atoms with Crippen molar-refractivity contribution in [3.63, 3.8) is 0 Å². The fraction of sp³-hybridized carbons (Fsp3) is 0.696. The van der Waals surface area contributed by atoms with Crippen molar-refractivity contribution in [3.8, 4) is 0 Å². The molecule has 1 fully saturated rings. The third-order valence-corrected chi connectivity index (χ3v) is 5.08. The molecule has 1 aliphatic rings. The summed E-state index contributed by atoms with van der Waals surface area (Å²) in [6, 6.07) is 3.78. The SMILES string of the molecule is CCCN1CCCCC1C(=O)NCCCN(Cc1cccnc1)C(=O)OC(C)(C)C. The highest BCUT2D eigenvalue weighted by atomic mass is 16.6. The first kappa shape index (κ1) is 24.1. The van der Waals surface area contributed by atoms with Gasteiger partial charge in [-0.15, -0.1) is 0 Å². The van der Waals surface area contributed by atoms with Crippen LogP contribution in [0.5, 0.6) is 0 Å². The largest absolute Gasteiger partial charge is 0.444 e. The van der Waals surface area contributed by atoms with Crippen molar-refractivity contribution in [3.05, 3.63) is 30.1 Å². The van der Waals surface area contributed by atoms with E-state index in [1.807, 2.05) is 32.9 Å². The molecule has 0 saturated carbocycles. The Morgan fingerprint density at radius 1 is 1.33 bits per heavy atom. The zero-order chi connectivity index (χ0) is 22.0. The van der Waals surface area contributed by atoms with Gasteiger partial charge < -0.3 is 15.0 Å². The standard InChI is InChI=1S/C23H38N4O3/c1-5-14-26-15-7-6-11-20(26)21(28)25-13-9-16-27(22(29)30-23(2,3)4)18-19-10-8-12-24-17-19/h8,10,12,17,20H,5-7,9,11,13-16,18H2,1-4H3,(H,25,28). The van der Waals surface area contributed by atoms with E-state index in [4.69, 9.17) is 4.74 Å². The molecule has 0 bridgehead atoms. The van der Waals surface area contributed by atoms with Gasteiger partial charge in [0.2, 0.25) is 5.91 Å². The van der Waals surface area contributed by atoms with Gasteiger partial charge in [-0.3, -0.25) is 14.7 Å². The van der Waals surface area contributed by atoms with Crippen LogP contribution in [0.25, 0.3) is 0 Å². The van der Waals surface area contributed by atoms with Crippen molar-refractivity contribution >= 4 is 12.0 Å². The van der Waals surface area contributed by atoms with E-state index < -0.39 is 5.60 Å². The normalized spacial score (nSPS) is 17.4. The number of nitrogens with zero attached hydrogens (tertiary/aromatic N) is 3. The van der Waals surface area contributed by atoms with E-state index in [0.29, 0.717) is 26.1 Å². The molecule has 30 heavy (non-hydrogen) atoms. The quantitative estimate of drug-likeness (QED) is 0.620. The smallest absolute Gasteiger partial charge is 0.410 e. The van der Waals surface area contributed by atoms with Gasteiger partial charge in [0.1, 0.15) is 5.60 Å². The average molecular weight is 419 g/mol. The molecule has 1 aliphatic heterocycles. The van der Waals surface area contributed by atoms with E-state index >= 15 is 0 Å². The lowest BCUT2D eigenvalue weighted by Gasteiger charge is -2.34. The Morgan fingerprint density at radius 2 is 2.13 bits per heavy atom. The summed E-state index contributed by atoms with van der Waals surface area (Å²) < 4.78 is 5.56. The third kappa shape index (κ3) is 8.30. The van der Waals surface area contributed by atoms with Crippen LogP contribution in [-0.4, -0.2) is 64.6 Å². The van der Waals surface area contributed by atoms with Crippen LogP contribution in [0.15, 0.2) is 24.5 Å². The molecule has 1 aromatic heterocycles. The molecule has 7 heteroatoms. The first-order chi connectivity index (χ1) is 14.3. The van der Waals surface area contributed by atoms with Crippen LogP contribution in [0.2, 0.25) is 0 Å². The van der Waals surface area contributed by atoms with Crippen molar-refractivity contribution in [2.45, 2.75) is 78.0 Å². The van der Waals surface area contributed by atoms with E-state index in [9.17, 15) is 9.59 Å². The number of ether oxygens (including phenoxy) is 1. The first-order valence-electron chi connectivity index (χ1n) is 11.2. The maximum absolute atomic E-state index is 12.7. The summed E-state index contributed by atoms with van der Waals surface area (Å²) in [6.45, 7) is 11.2. The Morgan fingerprint density at radius 3 is 2.80 bits per heavy atom. The number of piperidine rings is 1. The van der Waals surface area contributed by atoms with Gasteiger partial charge in [0.05, 0.1) is 12.6 Å². The number of rotatable bonds is 9. The number of carbonyl (C=O) groups excluding carboxylic acids is 2. The van der Waals surface area contributed by atoms with Gasteiger partial charge in [-0.25, -0.2) is 4.79 Å². The van der Waals surface area contributed by atoms with Crippen molar-refractivity contribution in [2.24, 2.45) is 0 Å². The van der Waals surface area contributed by atoms with Gasteiger partial charge in [-0.05, 0) is 71.2 Å². The highest BCUT2D eigenvalue weighted by Crippen LogP contribution is 2.17. The highest BCUT2D eigenvalue weighted by molar-refractivity contribution is 5.81. The van der Waals surface area contributed by atoms with Gasteiger partial charge in [0.25, 0.3) is 0 Å². The van der Waals surface area contributed by atoms with Gasteiger partial charge in [-0.1, -0.05) is 19.4 Å². The topological polar surface area (TPSA) is 74.8 Å². The molecule has 1 N–H and O–H groups in total. The molecule has 1 unspecified atom stereocenters. The van der Waals surface area contributed by atoms with Crippen LogP contribution >= 0.6 is 0 Å². The maximum atomic E-state index is 12.7. The Hall–Kier alpha value is -2.15. The minimum absolute atomic E-state index is 0.0175. The third-order valence-electron chi connectivity index (χ3n) is 5.08. The molecule has 168 valence electrons. The number of amides is 2. The van der Waals surface area contributed by atoms with Crippen molar-refractivity contribution in [1.29, 1.82) is 0 Å². The van der Waals surface area contributed by atoms with Crippen LogP contribution in [0.4, 0.5) is 4.79 Å². The lowest BCUT2D eigenvalue weighted by molar-refractivity contribution is -0.127. The van der Waals surface area contributed by atoms with Gasteiger partial charge in [0, 0.05) is 25.5 Å². The van der Waals surface area contributed by atoms with Crippen molar-refractivity contribution < 1.29 is 14.3 Å². The number of hydrogen-bond acceptors (Lipinski definition) is 5. The fourth-order valence-electron chi connectivity index (χ4n) is 3.72. The second-order valence-corrected chi connectivity index (χ2v) is 8.96. The number of carbonyl (C=O) groups is 2. The molecule has 0 radical (unpaired) electrons. The Bertz CT molecular complexity index is 658. The van der Waals surface area contributed by atoms with E-state index in [1.165, 1.54) is 6.42 Å². The van der Waals surface area contributed by atoms with Gasteiger partial charge >= 0.3 is 6.09 Å². The monoisotopic (exact) mass is 418 g/mol. The zero-order valence-electron chi connectivity index (χ0n) is 19.0. The summed E-state index contributed by atoms with van der Waals surface area (Å²) in [5.74, 6) is 0.110. The number of hydrogen-bond donors (Lipinski definition) is 1. The van der Waals surface area contributed by atoms with Gasteiger partial charge in [-0.2, -0.15) is 0 Å². The molecule has 2 amide bonds. The molecule has 2 heterocycles. The van der Waals surface area contributed by atoms with Crippen LogP contribution in [0.3, 0.4) is 0 Å². The Kier molecular flexibility index (Phi) is 9.56. The average Bonchev–Trinajstić information content (AvgIpc) is 2.70. The minimum Gasteiger partial charge on any atom is -0.444 e. The first-order valence-corrected chi connectivity index (χ1v) is 11.2. The highest BCUT2D eigenvalue weighted by Gasteiger charge is 2.28. The van der Waals surface area contributed by atoms with E-state index in [2.05, 4.69) is 22.1 Å². The molecular weight excluding hydrogens is 380 g/mol. The van der Waals surface area contributed by atoms with Gasteiger partial charge in [0.15, 0.2) is 0 Å². The second-order valence-electron chi connectivity index (χ2n) is 8.96. The lowest BCUT2D eigenvalue weighted by atomic mass is 10.0. The summed E-state index contributed by atoms with van der Waals surface area (Å²) in [7, 11) is 0. The van der Waals surface area contributed by atoms with Crippen molar-refractivity contribution in [2.75, 3.05) is 26.2 Å². The molecule has 2 rings (SSSR count). The molecule has 1 atom stereocenters. The number of aromatic nitrogens is 1. The van der Waals surface area contributed by atoms with E-state index in [0.717, 1.165) is 37.9 Å². The second kappa shape index (κ2) is 11.9. The summed E-state index contributed by atoms with van der Waals surface area (Å²) in [5.41, 5.74) is 0.396. The Labute approximate surface area is 181 Å². The predicted octanol–water partition coefficient (Wildman–Crippen LogP) is 3.59. The molecule has 1 saturated heterocycles. The fourth-order valence-corrected chi connectivity index (χ4v) is 3.72. The van der Waals surface area contributed by atoms with Crippen LogP contribution in [0.1, 0.15) is 65.4 Å². The molecule has 1 aromatic rings. The molecule has 0 aromatic carbocycles.